The molecule has 0 amide bonds. The van der Waals surface area contributed by atoms with Gasteiger partial charge in [-0.1, -0.05) is 36.4 Å². The lowest BCUT2D eigenvalue weighted by molar-refractivity contribution is 0.405. The third kappa shape index (κ3) is 4.76. The summed E-state index contributed by atoms with van der Waals surface area (Å²) in [6.07, 6.45) is 1.09. The number of aromatic nitrogens is 1. The highest BCUT2D eigenvalue weighted by Gasteiger charge is 2.11. The summed E-state index contributed by atoms with van der Waals surface area (Å²) in [5, 5.41) is 5.81. The number of para-hydroxylation sites is 2. The van der Waals surface area contributed by atoms with Crippen LogP contribution in [-0.4, -0.2) is 37.1 Å². The van der Waals surface area contributed by atoms with Gasteiger partial charge in [0.2, 0.25) is 0 Å². The van der Waals surface area contributed by atoms with Gasteiger partial charge < -0.3 is 14.6 Å². The van der Waals surface area contributed by atoms with Crippen molar-refractivity contribution in [3.8, 4) is 11.5 Å². The van der Waals surface area contributed by atoms with Crippen LogP contribution in [0.25, 0.3) is 33.3 Å². The van der Waals surface area contributed by atoms with Gasteiger partial charge in [0.25, 0.3) is 0 Å². The molecule has 0 radical (unpaired) electrons. The molecule has 0 saturated heterocycles. The minimum Gasteiger partial charge on any atom is -0.454 e. The molecule has 0 aliphatic rings. The molecular weight excluding hydrogens is 393 g/mol. The summed E-state index contributed by atoms with van der Waals surface area (Å²) in [4.78, 5) is 7.02. The van der Waals surface area contributed by atoms with E-state index >= 15 is 0 Å². The summed E-state index contributed by atoms with van der Waals surface area (Å²) in [5.41, 5.74) is 3.82. The number of halogens is 2. The Kier molecular flexibility index (Phi) is 7.69. The number of hydrogen-bond acceptors (Lipinski definition) is 4. The number of fused-ring (bicyclic) bond motifs is 2. The SMILES string of the molecule is CN(C)CCCNc1cc(-c2cc3ccccc3o2)nc2ccccc12.Cl.Cl. The van der Waals surface area contributed by atoms with Crippen molar-refractivity contribution in [2.24, 2.45) is 0 Å². The summed E-state index contributed by atoms with van der Waals surface area (Å²) in [6, 6.07) is 20.4. The van der Waals surface area contributed by atoms with Crippen LogP contribution in [0.1, 0.15) is 6.42 Å². The van der Waals surface area contributed by atoms with Gasteiger partial charge in [0.05, 0.1) is 5.52 Å². The molecule has 2 aromatic carbocycles. The topological polar surface area (TPSA) is 41.3 Å². The second-order valence-electron chi connectivity index (χ2n) is 6.80. The van der Waals surface area contributed by atoms with E-state index in [0.29, 0.717) is 0 Å². The maximum absolute atomic E-state index is 6.02. The van der Waals surface area contributed by atoms with Crippen LogP contribution in [0.5, 0.6) is 0 Å². The second-order valence-corrected chi connectivity index (χ2v) is 6.80. The molecule has 4 rings (SSSR count). The summed E-state index contributed by atoms with van der Waals surface area (Å²) in [5.74, 6) is 0.799. The Bertz CT molecular complexity index is 1010. The maximum Gasteiger partial charge on any atom is 0.153 e. The van der Waals surface area contributed by atoms with Gasteiger partial charge in [-0.25, -0.2) is 4.98 Å². The zero-order valence-electron chi connectivity index (χ0n) is 16.0. The van der Waals surface area contributed by atoms with Gasteiger partial charge in [-0.15, -0.1) is 24.8 Å². The molecule has 2 heterocycles. The highest BCUT2D eigenvalue weighted by atomic mass is 35.5. The van der Waals surface area contributed by atoms with Crippen LogP contribution in [0, 0.1) is 0 Å². The van der Waals surface area contributed by atoms with E-state index in [4.69, 9.17) is 9.40 Å². The van der Waals surface area contributed by atoms with Gasteiger partial charge in [0.15, 0.2) is 5.76 Å². The van der Waals surface area contributed by atoms with Gasteiger partial charge in [-0.05, 0) is 51.3 Å². The molecule has 148 valence electrons. The lowest BCUT2D eigenvalue weighted by atomic mass is 10.1. The Morgan fingerprint density at radius 3 is 2.50 bits per heavy atom. The molecule has 0 saturated carbocycles. The van der Waals surface area contributed by atoms with Crippen LogP contribution < -0.4 is 5.32 Å². The van der Waals surface area contributed by atoms with Crippen molar-refractivity contribution in [3.63, 3.8) is 0 Å². The Labute approximate surface area is 177 Å². The minimum absolute atomic E-state index is 0. The lowest BCUT2D eigenvalue weighted by Gasteiger charge is -2.13. The van der Waals surface area contributed by atoms with Crippen molar-refractivity contribution < 1.29 is 4.42 Å². The van der Waals surface area contributed by atoms with E-state index in [1.807, 2.05) is 30.3 Å². The van der Waals surface area contributed by atoms with E-state index in [9.17, 15) is 0 Å². The molecule has 0 aliphatic carbocycles. The molecule has 0 atom stereocenters. The summed E-state index contributed by atoms with van der Waals surface area (Å²) < 4.78 is 6.02. The number of nitrogens with one attached hydrogen (secondary N) is 1. The monoisotopic (exact) mass is 417 g/mol. The predicted molar refractivity (Wildman–Crippen MR) is 123 cm³/mol. The summed E-state index contributed by atoms with van der Waals surface area (Å²) in [6.45, 7) is 1.98. The molecule has 0 fully saturated rings. The zero-order chi connectivity index (χ0) is 17.9. The Morgan fingerprint density at radius 2 is 1.71 bits per heavy atom. The number of nitrogens with zero attached hydrogens (tertiary/aromatic N) is 2. The average molecular weight is 418 g/mol. The van der Waals surface area contributed by atoms with Gasteiger partial charge in [0, 0.05) is 23.0 Å². The molecule has 0 unspecified atom stereocenters. The minimum atomic E-state index is 0. The predicted octanol–water partition coefficient (Wildman–Crippen LogP) is 5.86. The molecular formula is C22H25Cl2N3O. The Hall–Kier alpha value is -2.27. The number of furan rings is 1. The number of anilines is 1. The normalized spacial score (nSPS) is 10.7. The molecule has 28 heavy (non-hydrogen) atoms. The first-order chi connectivity index (χ1) is 12.7. The Balaban J connectivity index is 0.00000140. The highest BCUT2D eigenvalue weighted by molar-refractivity contribution is 5.94. The summed E-state index contributed by atoms with van der Waals surface area (Å²) in [7, 11) is 4.20. The zero-order valence-corrected chi connectivity index (χ0v) is 17.6. The lowest BCUT2D eigenvalue weighted by Crippen LogP contribution is -2.16. The van der Waals surface area contributed by atoms with Gasteiger partial charge in [0.1, 0.15) is 11.3 Å². The highest BCUT2D eigenvalue weighted by Crippen LogP contribution is 2.31. The van der Waals surface area contributed by atoms with Crippen molar-refractivity contribution in [1.82, 2.24) is 9.88 Å². The molecule has 0 aliphatic heterocycles. The van der Waals surface area contributed by atoms with Crippen LogP contribution in [0.15, 0.2) is 65.1 Å². The number of hydrogen-bond donors (Lipinski definition) is 1. The molecule has 1 N–H and O–H groups in total. The van der Waals surface area contributed by atoms with Gasteiger partial charge in [-0.2, -0.15) is 0 Å². The van der Waals surface area contributed by atoms with Crippen molar-refractivity contribution in [2.45, 2.75) is 6.42 Å². The van der Waals surface area contributed by atoms with Crippen LogP contribution in [0.2, 0.25) is 0 Å². The van der Waals surface area contributed by atoms with E-state index in [1.54, 1.807) is 0 Å². The van der Waals surface area contributed by atoms with E-state index in [0.717, 1.165) is 58.5 Å². The van der Waals surface area contributed by atoms with Crippen molar-refractivity contribution in [2.75, 3.05) is 32.5 Å². The average Bonchev–Trinajstić information content (AvgIpc) is 3.09. The van der Waals surface area contributed by atoms with Crippen LogP contribution in [-0.2, 0) is 0 Å². The molecule has 4 aromatic rings. The Morgan fingerprint density at radius 1 is 0.964 bits per heavy atom. The van der Waals surface area contributed by atoms with Crippen molar-refractivity contribution >= 4 is 52.4 Å². The second kappa shape index (κ2) is 9.78. The largest absolute Gasteiger partial charge is 0.454 e. The quantitative estimate of drug-likeness (QED) is 0.399. The van der Waals surface area contributed by atoms with E-state index < -0.39 is 0 Å². The van der Waals surface area contributed by atoms with E-state index in [2.05, 4.69) is 54.6 Å². The van der Waals surface area contributed by atoms with Crippen LogP contribution in [0.3, 0.4) is 0 Å². The number of benzene rings is 2. The van der Waals surface area contributed by atoms with Gasteiger partial charge >= 0.3 is 0 Å². The fourth-order valence-corrected chi connectivity index (χ4v) is 3.17. The smallest absolute Gasteiger partial charge is 0.153 e. The first-order valence-corrected chi connectivity index (χ1v) is 8.98. The van der Waals surface area contributed by atoms with Crippen molar-refractivity contribution in [1.29, 1.82) is 0 Å². The van der Waals surface area contributed by atoms with Crippen LogP contribution in [0.4, 0.5) is 5.69 Å². The first-order valence-electron chi connectivity index (χ1n) is 8.98. The molecule has 0 bridgehead atoms. The summed E-state index contributed by atoms with van der Waals surface area (Å²) >= 11 is 0. The standard InChI is InChI=1S/C22H23N3O.2ClH/c1-25(2)13-7-12-23-19-15-20(24-18-10-5-4-9-17(18)19)22-14-16-8-3-6-11-21(16)26-22;;/h3-6,8-11,14-15H,7,12-13H2,1-2H3,(H,23,24);2*1H. The number of rotatable bonds is 6. The van der Waals surface area contributed by atoms with E-state index in [-0.39, 0.29) is 24.8 Å². The van der Waals surface area contributed by atoms with E-state index in [1.165, 1.54) is 0 Å². The number of pyridine rings is 1. The third-order valence-electron chi connectivity index (χ3n) is 4.49. The first kappa shape index (κ1) is 22.0. The maximum atomic E-state index is 6.02. The molecule has 2 aromatic heterocycles. The molecule has 4 nitrogen and oxygen atoms in total. The fourth-order valence-electron chi connectivity index (χ4n) is 3.17. The molecule has 6 heteroatoms. The third-order valence-corrected chi connectivity index (χ3v) is 4.49. The van der Waals surface area contributed by atoms with Crippen LogP contribution >= 0.6 is 24.8 Å². The molecule has 0 spiro atoms. The van der Waals surface area contributed by atoms with Crippen molar-refractivity contribution in [3.05, 3.63) is 60.7 Å². The fraction of sp³-hybridized carbons (Fsp3) is 0.227. The van der Waals surface area contributed by atoms with Gasteiger partial charge in [-0.3, -0.25) is 0 Å².